The van der Waals surface area contributed by atoms with Crippen molar-refractivity contribution in [3.05, 3.63) is 68.7 Å². The van der Waals surface area contributed by atoms with Gasteiger partial charge in [-0.1, -0.05) is 34.4 Å². The predicted octanol–water partition coefficient (Wildman–Crippen LogP) is 5.98. The number of carbonyl (C=O) groups is 1. The van der Waals surface area contributed by atoms with E-state index in [1.54, 1.807) is 25.1 Å². The number of alkyl halides is 3. The average molecular weight is 503 g/mol. The summed E-state index contributed by atoms with van der Waals surface area (Å²) < 4.78 is 42.4. The van der Waals surface area contributed by atoms with E-state index < -0.39 is 18.2 Å². The summed E-state index contributed by atoms with van der Waals surface area (Å²) in [5.41, 5.74) is -1.22. The Labute approximate surface area is 197 Å². The van der Waals surface area contributed by atoms with Crippen LogP contribution in [-0.4, -0.2) is 35.8 Å². The molecule has 4 nitrogen and oxygen atoms in total. The summed E-state index contributed by atoms with van der Waals surface area (Å²) in [5, 5.41) is 6.82. The molecule has 0 aromatic heterocycles. The van der Waals surface area contributed by atoms with Crippen molar-refractivity contribution >= 4 is 46.6 Å². The molecule has 0 aliphatic carbocycles. The van der Waals surface area contributed by atoms with Crippen LogP contribution >= 0.6 is 35.0 Å². The highest BCUT2D eigenvalue weighted by molar-refractivity contribution is 8.00. The van der Waals surface area contributed by atoms with Crippen molar-refractivity contribution in [2.45, 2.75) is 25.1 Å². The maximum atomic E-state index is 14.1. The number of oxime groups is 1. The molecule has 1 fully saturated rings. The summed E-state index contributed by atoms with van der Waals surface area (Å²) in [6, 6.07) is 8.54. The van der Waals surface area contributed by atoms with Crippen LogP contribution < -0.4 is 5.32 Å². The van der Waals surface area contributed by atoms with E-state index in [0.29, 0.717) is 29.2 Å². The van der Waals surface area contributed by atoms with Crippen LogP contribution in [0.3, 0.4) is 0 Å². The maximum Gasteiger partial charge on any atom is 0.435 e. The third kappa shape index (κ3) is 4.45. The first-order valence-electron chi connectivity index (χ1n) is 9.84. The van der Waals surface area contributed by atoms with Gasteiger partial charge in [0, 0.05) is 34.1 Å². The monoisotopic (exact) mass is 502 g/mol. The number of carbonyl (C=O) groups excluding carboxylic acids is 1. The van der Waals surface area contributed by atoms with E-state index in [1.807, 2.05) is 11.8 Å². The molecule has 0 radical (unpaired) electrons. The van der Waals surface area contributed by atoms with Gasteiger partial charge in [0.2, 0.25) is 0 Å². The molecule has 32 heavy (non-hydrogen) atoms. The number of hydrogen-bond acceptors (Lipinski definition) is 4. The molecule has 2 aliphatic rings. The number of nitrogens with zero attached hydrogens (tertiary/aromatic N) is 1. The predicted molar refractivity (Wildman–Crippen MR) is 121 cm³/mol. The average Bonchev–Trinajstić information content (AvgIpc) is 3.12. The summed E-state index contributed by atoms with van der Waals surface area (Å²) in [6.45, 7) is 2.35. The summed E-state index contributed by atoms with van der Waals surface area (Å²) in [6.07, 6.45) is -5.31. The van der Waals surface area contributed by atoms with Gasteiger partial charge in [0.15, 0.2) is 0 Å². The fraction of sp³-hybridized carbons (Fsp3) is 0.364. The molecule has 2 aromatic carbocycles. The number of benzene rings is 2. The van der Waals surface area contributed by atoms with Crippen LogP contribution in [0, 0.1) is 12.8 Å². The zero-order chi connectivity index (χ0) is 23.1. The van der Waals surface area contributed by atoms with Gasteiger partial charge in [0.1, 0.15) is 0 Å². The van der Waals surface area contributed by atoms with Crippen LogP contribution in [-0.2, 0) is 10.4 Å². The largest absolute Gasteiger partial charge is 0.435 e. The van der Waals surface area contributed by atoms with Crippen LogP contribution in [0.1, 0.15) is 33.5 Å². The van der Waals surface area contributed by atoms with Crippen molar-refractivity contribution in [3.63, 3.8) is 0 Å². The lowest BCUT2D eigenvalue weighted by molar-refractivity contribution is -0.275. The highest BCUT2D eigenvalue weighted by Gasteiger charge is 2.62. The van der Waals surface area contributed by atoms with Gasteiger partial charge in [-0.05, 0) is 65.8 Å². The fourth-order valence-corrected chi connectivity index (χ4v) is 5.01. The molecule has 4 rings (SSSR count). The SMILES string of the molecule is Cc1cc(C2=NOC(c3cc(Cl)cc(Cl)c3)(C(F)(F)F)C2)ccc1C(=O)NCC1CSC1. The Kier molecular flexibility index (Phi) is 6.40. The van der Waals surface area contributed by atoms with Crippen molar-refractivity contribution in [2.24, 2.45) is 11.1 Å². The van der Waals surface area contributed by atoms with Crippen molar-refractivity contribution in [3.8, 4) is 0 Å². The summed E-state index contributed by atoms with van der Waals surface area (Å²) in [7, 11) is 0. The van der Waals surface area contributed by atoms with Crippen LogP contribution in [0.4, 0.5) is 13.2 Å². The van der Waals surface area contributed by atoms with Crippen LogP contribution in [0.25, 0.3) is 0 Å². The topological polar surface area (TPSA) is 50.7 Å². The Morgan fingerprint density at radius 3 is 2.47 bits per heavy atom. The van der Waals surface area contributed by atoms with Gasteiger partial charge in [-0.25, -0.2) is 0 Å². The number of thioether (sulfide) groups is 1. The molecule has 1 saturated heterocycles. The van der Waals surface area contributed by atoms with Gasteiger partial charge in [-0.15, -0.1) is 0 Å². The number of nitrogens with one attached hydrogen (secondary N) is 1. The minimum absolute atomic E-state index is 0.0693. The molecule has 1 atom stereocenters. The molecule has 1 amide bonds. The van der Waals surface area contributed by atoms with Gasteiger partial charge in [0.05, 0.1) is 5.71 Å². The third-order valence-corrected chi connectivity index (χ3v) is 7.43. The Morgan fingerprint density at radius 2 is 1.91 bits per heavy atom. The first-order valence-corrected chi connectivity index (χ1v) is 11.8. The van der Waals surface area contributed by atoms with Crippen molar-refractivity contribution in [1.29, 1.82) is 0 Å². The zero-order valence-corrected chi connectivity index (χ0v) is 19.3. The highest BCUT2D eigenvalue weighted by Crippen LogP contribution is 2.49. The maximum absolute atomic E-state index is 14.1. The molecule has 1 unspecified atom stereocenters. The minimum atomic E-state index is -4.76. The van der Waals surface area contributed by atoms with E-state index in [2.05, 4.69) is 10.5 Å². The minimum Gasteiger partial charge on any atom is -0.374 e. The molecular formula is C22H19Cl2F3N2O2S. The second-order valence-corrected chi connectivity index (χ2v) is 9.88. The molecule has 0 bridgehead atoms. The molecule has 1 N–H and O–H groups in total. The quantitative estimate of drug-likeness (QED) is 0.547. The molecule has 2 heterocycles. The number of rotatable bonds is 5. The lowest BCUT2D eigenvalue weighted by Crippen LogP contribution is -2.42. The number of aryl methyl sites for hydroxylation is 1. The van der Waals surface area contributed by atoms with E-state index >= 15 is 0 Å². The molecule has 0 spiro atoms. The normalized spacial score (nSPS) is 21.0. The van der Waals surface area contributed by atoms with E-state index in [9.17, 15) is 18.0 Å². The second kappa shape index (κ2) is 8.80. The Bertz CT molecular complexity index is 1070. The first-order chi connectivity index (χ1) is 15.1. The highest BCUT2D eigenvalue weighted by atomic mass is 35.5. The molecule has 0 saturated carbocycles. The summed E-state index contributed by atoms with van der Waals surface area (Å²) >= 11 is 13.7. The molecule has 2 aliphatic heterocycles. The van der Waals surface area contributed by atoms with Gasteiger partial charge >= 0.3 is 6.18 Å². The lowest BCUT2D eigenvalue weighted by Gasteiger charge is -2.29. The van der Waals surface area contributed by atoms with Gasteiger partial charge in [-0.3, -0.25) is 4.79 Å². The number of halogens is 5. The van der Waals surface area contributed by atoms with Crippen molar-refractivity contribution < 1.29 is 22.8 Å². The number of amides is 1. The van der Waals surface area contributed by atoms with Crippen LogP contribution in [0.15, 0.2) is 41.6 Å². The van der Waals surface area contributed by atoms with Gasteiger partial charge < -0.3 is 10.2 Å². The molecular weight excluding hydrogens is 484 g/mol. The summed E-state index contributed by atoms with van der Waals surface area (Å²) in [4.78, 5) is 17.5. The van der Waals surface area contributed by atoms with Crippen molar-refractivity contribution in [1.82, 2.24) is 5.32 Å². The first kappa shape index (κ1) is 23.3. The molecule has 10 heteroatoms. The lowest BCUT2D eigenvalue weighted by atomic mass is 9.86. The number of hydrogen-bond donors (Lipinski definition) is 1. The summed E-state index contributed by atoms with van der Waals surface area (Å²) in [5.74, 6) is 2.37. The third-order valence-electron chi connectivity index (χ3n) is 5.58. The Balaban J connectivity index is 1.57. The van der Waals surface area contributed by atoms with E-state index in [4.69, 9.17) is 28.0 Å². The Hall–Kier alpha value is -1.90. The Morgan fingerprint density at radius 1 is 1.22 bits per heavy atom. The molecule has 170 valence electrons. The fourth-order valence-electron chi connectivity index (χ4n) is 3.68. The van der Waals surface area contributed by atoms with Crippen molar-refractivity contribution in [2.75, 3.05) is 18.1 Å². The van der Waals surface area contributed by atoms with E-state index in [-0.39, 0.29) is 27.2 Å². The van der Waals surface area contributed by atoms with Crippen LogP contribution in [0.5, 0.6) is 0 Å². The van der Waals surface area contributed by atoms with Gasteiger partial charge in [-0.2, -0.15) is 24.9 Å². The standard InChI is InChI=1S/C22H19Cl2F3N2O2S/c1-12-4-14(2-3-18(12)20(30)28-9-13-10-32-11-13)19-8-21(31-29-19,22(25,26)27)15-5-16(23)7-17(24)6-15/h2-7,13H,8-11H2,1H3,(H,28,30). The zero-order valence-electron chi connectivity index (χ0n) is 16.9. The van der Waals surface area contributed by atoms with Crippen LogP contribution in [0.2, 0.25) is 10.0 Å². The van der Waals surface area contributed by atoms with E-state index in [1.165, 1.54) is 18.2 Å². The second-order valence-electron chi connectivity index (χ2n) is 7.93. The van der Waals surface area contributed by atoms with Gasteiger partial charge in [0.25, 0.3) is 11.5 Å². The smallest absolute Gasteiger partial charge is 0.374 e. The van der Waals surface area contributed by atoms with E-state index in [0.717, 1.165) is 11.5 Å². The molecule has 2 aromatic rings.